The molecule has 11 nitrogen and oxygen atoms in total. The van der Waals surface area contributed by atoms with Crippen LogP contribution < -0.4 is 21.0 Å². The van der Waals surface area contributed by atoms with Gasteiger partial charge in [-0.15, -0.1) is 0 Å². The van der Waals surface area contributed by atoms with E-state index in [0.29, 0.717) is 34.8 Å². The molecule has 1 fully saturated rings. The summed E-state index contributed by atoms with van der Waals surface area (Å²) in [6, 6.07) is 7.05. The third kappa shape index (κ3) is 4.32. The first-order valence-corrected chi connectivity index (χ1v) is 13.2. The number of rotatable bonds is 5. The number of nitrogens with two attached hydrogens (primary N) is 1. The zero-order valence-corrected chi connectivity index (χ0v) is 23.2. The highest BCUT2D eigenvalue weighted by molar-refractivity contribution is 6.35. The third-order valence-corrected chi connectivity index (χ3v) is 7.71. The Kier molecular flexibility index (Phi) is 6.70. The summed E-state index contributed by atoms with van der Waals surface area (Å²) in [5.41, 5.74) is 6.49. The molecule has 0 aliphatic carbocycles. The van der Waals surface area contributed by atoms with E-state index in [1.807, 2.05) is 12.1 Å². The van der Waals surface area contributed by atoms with Gasteiger partial charge in [0, 0.05) is 31.7 Å². The highest BCUT2D eigenvalue weighted by Crippen LogP contribution is 2.36. The van der Waals surface area contributed by atoms with E-state index in [0.717, 1.165) is 13.1 Å². The fourth-order valence-electron chi connectivity index (χ4n) is 5.17. The van der Waals surface area contributed by atoms with Crippen LogP contribution in [0.3, 0.4) is 0 Å². The minimum atomic E-state index is -1.16. The molecule has 4 heterocycles. The number of piperazine rings is 1. The quantitative estimate of drug-likeness (QED) is 0.333. The zero-order chi connectivity index (χ0) is 29.0. The van der Waals surface area contributed by atoms with Crippen LogP contribution in [-0.2, 0) is 0 Å². The second-order valence-electron chi connectivity index (χ2n) is 9.85. The van der Waals surface area contributed by atoms with Crippen molar-refractivity contribution in [1.29, 1.82) is 0 Å². The van der Waals surface area contributed by atoms with Gasteiger partial charge in [-0.2, -0.15) is 9.49 Å². The molecular weight excluding hydrogens is 556 g/mol. The van der Waals surface area contributed by atoms with E-state index in [2.05, 4.69) is 20.0 Å². The predicted octanol–water partition coefficient (Wildman–Crippen LogP) is 3.22. The van der Waals surface area contributed by atoms with Gasteiger partial charge >= 0.3 is 0 Å². The minimum absolute atomic E-state index is 0.0359. The lowest BCUT2D eigenvalue weighted by molar-refractivity contribution is 0.281. The lowest BCUT2D eigenvalue weighted by atomic mass is 10.1. The lowest BCUT2D eigenvalue weighted by Gasteiger charge is -2.36. The van der Waals surface area contributed by atoms with Crippen molar-refractivity contribution in [1.82, 2.24) is 34.3 Å². The average Bonchev–Trinajstić information content (AvgIpc) is 3.35. The van der Waals surface area contributed by atoms with Crippen LogP contribution in [0.1, 0.15) is 18.8 Å². The van der Waals surface area contributed by atoms with E-state index in [4.69, 9.17) is 27.1 Å². The summed E-state index contributed by atoms with van der Waals surface area (Å²) in [6.07, 6.45) is 1.26. The Labute approximate surface area is 237 Å². The molecular formula is C27H26ClF2N9O2. The zero-order valence-electron chi connectivity index (χ0n) is 22.5. The van der Waals surface area contributed by atoms with Crippen molar-refractivity contribution in [3.8, 4) is 17.0 Å². The summed E-state index contributed by atoms with van der Waals surface area (Å²) < 4.78 is 37.9. The molecule has 1 aliphatic rings. The third-order valence-electron chi connectivity index (χ3n) is 7.39. The number of hydrogen-bond acceptors (Lipinski definition) is 9. The van der Waals surface area contributed by atoms with Crippen LogP contribution in [0.25, 0.3) is 33.2 Å². The normalized spacial score (nSPS) is 15.1. The standard InChI is InChI=1S/C27H26ClF2N9O2/c1-14(25-34-17-6-4-5-16(28)19(17)27(40)39(25)37-11-9-36(2)10-12-37)38-26-20(24(31)32-13-33-26)23(35-38)15-7-8-18(41-3)22(30)21(15)29/h4-8,13-14H,9-12H2,1-3H3,(H2,31,32,33). The Balaban J connectivity index is 1.60. The van der Waals surface area contributed by atoms with E-state index < -0.39 is 17.7 Å². The SMILES string of the molecule is COc1ccc(-c2nn(C(C)c3nc4cccc(Cl)c4c(=O)n3N3CCN(C)CC3)c3ncnc(N)c23)c(F)c1F. The van der Waals surface area contributed by atoms with Gasteiger partial charge in [-0.25, -0.2) is 28.7 Å². The van der Waals surface area contributed by atoms with Crippen molar-refractivity contribution >= 4 is 39.4 Å². The number of methoxy groups -OCH3 is 1. The fourth-order valence-corrected chi connectivity index (χ4v) is 5.42. The van der Waals surface area contributed by atoms with Gasteiger partial charge < -0.3 is 20.4 Å². The number of anilines is 1. The molecule has 2 N–H and O–H groups in total. The predicted molar refractivity (Wildman–Crippen MR) is 152 cm³/mol. The van der Waals surface area contributed by atoms with Gasteiger partial charge in [0.2, 0.25) is 5.82 Å². The second kappa shape index (κ2) is 10.2. The summed E-state index contributed by atoms with van der Waals surface area (Å²) in [5.74, 6) is -2.16. The summed E-state index contributed by atoms with van der Waals surface area (Å²) in [6.45, 7) is 4.42. The maximum atomic E-state index is 15.3. The van der Waals surface area contributed by atoms with Crippen LogP contribution in [0.15, 0.2) is 41.5 Å². The number of hydrogen-bond donors (Lipinski definition) is 1. The Bertz CT molecular complexity index is 1870. The Morgan fingerprint density at radius 3 is 2.54 bits per heavy atom. The average molecular weight is 582 g/mol. The largest absolute Gasteiger partial charge is 0.494 e. The fraction of sp³-hybridized carbons (Fsp3) is 0.296. The maximum Gasteiger partial charge on any atom is 0.281 e. The van der Waals surface area contributed by atoms with Crippen molar-refractivity contribution < 1.29 is 13.5 Å². The monoisotopic (exact) mass is 581 g/mol. The van der Waals surface area contributed by atoms with Crippen LogP contribution in [-0.4, -0.2) is 74.6 Å². The molecule has 2 aromatic carbocycles. The van der Waals surface area contributed by atoms with Crippen molar-refractivity contribution in [2.45, 2.75) is 13.0 Å². The molecule has 41 heavy (non-hydrogen) atoms. The van der Waals surface area contributed by atoms with E-state index in [1.54, 1.807) is 25.1 Å². The number of fused-ring (bicyclic) bond motifs is 2. The topological polar surface area (TPSA) is 120 Å². The van der Waals surface area contributed by atoms with Crippen LogP contribution in [0, 0.1) is 11.6 Å². The van der Waals surface area contributed by atoms with Gasteiger partial charge in [0.05, 0.1) is 28.4 Å². The van der Waals surface area contributed by atoms with E-state index in [9.17, 15) is 9.18 Å². The maximum absolute atomic E-state index is 15.3. The summed E-state index contributed by atoms with van der Waals surface area (Å²) in [7, 11) is 3.26. The lowest BCUT2D eigenvalue weighted by Crippen LogP contribution is -2.54. The first kappa shape index (κ1) is 26.8. The van der Waals surface area contributed by atoms with Gasteiger partial charge in [0.25, 0.3) is 5.56 Å². The molecule has 1 unspecified atom stereocenters. The van der Waals surface area contributed by atoms with Gasteiger partial charge in [-0.1, -0.05) is 17.7 Å². The molecule has 212 valence electrons. The second-order valence-corrected chi connectivity index (χ2v) is 10.3. The van der Waals surface area contributed by atoms with Crippen molar-refractivity contribution in [3.63, 3.8) is 0 Å². The van der Waals surface area contributed by atoms with Gasteiger partial charge in [-0.05, 0) is 38.2 Å². The highest BCUT2D eigenvalue weighted by atomic mass is 35.5. The molecule has 6 rings (SSSR count). The number of nitrogen functional groups attached to an aromatic ring is 1. The minimum Gasteiger partial charge on any atom is -0.494 e. The molecule has 0 spiro atoms. The molecule has 1 aliphatic heterocycles. The van der Waals surface area contributed by atoms with E-state index >= 15 is 4.39 Å². The molecule has 14 heteroatoms. The number of aromatic nitrogens is 6. The van der Waals surface area contributed by atoms with Crippen molar-refractivity contribution in [2.75, 3.05) is 51.1 Å². The van der Waals surface area contributed by atoms with Crippen LogP contribution in [0.2, 0.25) is 5.02 Å². The Hall–Kier alpha value is -4.36. The molecule has 0 bridgehead atoms. The number of benzene rings is 2. The molecule has 5 aromatic rings. The summed E-state index contributed by atoms with van der Waals surface area (Å²) >= 11 is 6.46. The van der Waals surface area contributed by atoms with E-state index in [-0.39, 0.29) is 39.4 Å². The number of likely N-dealkylation sites (N-methyl/N-ethyl adjacent to an activating group) is 1. The summed E-state index contributed by atoms with van der Waals surface area (Å²) in [5, 5.41) is 7.42. The molecule has 3 aromatic heterocycles. The number of halogens is 3. The van der Waals surface area contributed by atoms with Crippen molar-refractivity contribution in [3.05, 3.63) is 69.5 Å². The van der Waals surface area contributed by atoms with Gasteiger partial charge in [0.1, 0.15) is 23.9 Å². The van der Waals surface area contributed by atoms with E-state index in [1.165, 1.54) is 34.9 Å². The first-order chi connectivity index (χ1) is 19.7. The van der Waals surface area contributed by atoms with Crippen molar-refractivity contribution in [2.24, 2.45) is 0 Å². The van der Waals surface area contributed by atoms with Gasteiger partial charge in [0.15, 0.2) is 23.0 Å². The first-order valence-electron chi connectivity index (χ1n) is 12.9. The Morgan fingerprint density at radius 2 is 1.80 bits per heavy atom. The highest BCUT2D eigenvalue weighted by Gasteiger charge is 2.29. The van der Waals surface area contributed by atoms with Gasteiger partial charge in [-0.3, -0.25) is 4.79 Å². The molecule has 1 saturated heterocycles. The number of ether oxygens (including phenoxy) is 1. The van der Waals surface area contributed by atoms with Crippen LogP contribution in [0.4, 0.5) is 14.6 Å². The van der Waals surface area contributed by atoms with Crippen LogP contribution >= 0.6 is 11.6 Å². The summed E-state index contributed by atoms with van der Waals surface area (Å²) in [4.78, 5) is 29.5. The van der Waals surface area contributed by atoms with Crippen LogP contribution in [0.5, 0.6) is 5.75 Å². The smallest absolute Gasteiger partial charge is 0.281 e. The molecule has 0 radical (unpaired) electrons. The Morgan fingerprint density at radius 1 is 1.05 bits per heavy atom. The molecule has 0 amide bonds. The molecule has 0 saturated carbocycles. The molecule has 1 atom stereocenters. The number of nitrogens with zero attached hydrogens (tertiary/aromatic N) is 8.